The molecule has 1 aromatic rings. The van der Waals surface area contributed by atoms with E-state index >= 15 is 0 Å². The van der Waals surface area contributed by atoms with Crippen LogP contribution in [-0.2, 0) is 14.0 Å². The summed E-state index contributed by atoms with van der Waals surface area (Å²) in [6, 6.07) is 1.16. The molecule has 30 heavy (non-hydrogen) atoms. The van der Waals surface area contributed by atoms with Crippen molar-refractivity contribution in [3.63, 3.8) is 0 Å². The van der Waals surface area contributed by atoms with Crippen LogP contribution < -0.4 is 16.6 Å². The molecule has 1 aliphatic heterocycles. The minimum Gasteiger partial charge on any atom is -0.406 e. The van der Waals surface area contributed by atoms with Crippen molar-refractivity contribution in [2.45, 2.75) is 76.3 Å². The van der Waals surface area contributed by atoms with Crippen LogP contribution in [0.1, 0.15) is 40.3 Å². The maximum Gasteiger partial charge on any atom is 0.330 e. The average Bonchev–Trinajstić information content (AvgIpc) is 2.85. The Morgan fingerprint density at radius 1 is 1.40 bits per heavy atom. The fourth-order valence-corrected chi connectivity index (χ4v) is 4.52. The number of aromatic amines is 1. The molecule has 1 aliphatic rings. The molecule has 11 heteroatoms. The van der Waals surface area contributed by atoms with E-state index < -0.39 is 56.1 Å². The highest BCUT2D eigenvalue weighted by molar-refractivity contribution is 6.74. The van der Waals surface area contributed by atoms with Crippen LogP contribution in [-0.4, -0.2) is 64.9 Å². The summed E-state index contributed by atoms with van der Waals surface area (Å²) in [6.07, 6.45) is -2.56. The summed E-state index contributed by atoms with van der Waals surface area (Å²) in [5.41, 5.74) is -3.20. The van der Waals surface area contributed by atoms with Crippen LogP contribution in [0.4, 0.5) is 0 Å². The number of ether oxygens (including phenoxy) is 1. The van der Waals surface area contributed by atoms with Gasteiger partial charge in [0, 0.05) is 18.8 Å². The number of nitrogens with zero attached hydrogens (tertiary/aromatic N) is 1. The van der Waals surface area contributed by atoms with Gasteiger partial charge in [0.25, 0.3) is 5.56 Å². The third-order valence-electron chi connectivity index (χ3n) is 5.95. The maximum atomic E-state index is 12.4. The van der Waals surface area contributed by atoms with Gasteiger partial charge in [-0.15, -0.1) is 0 Å². The van der Waals surface area contributed by atoms with Crippen LogP contribution in [0.25, 0.3) is 0 Å². The first-order chi connectivity index (χ1) is 13.8. The number of H-pyrrole nitrogens is 1. The fourth-order valence-electron chi connectivity index (χ4n) is 3.21. The zero-order valence-electron chi connectivity index (χ0n) is 18.4. The lowest BCUT2D eigenvalue weighted by Gasteiger charge is -2.43. The molecule has 4 N–H and O–H groups in total. The molecule has 0 saturated carbocycles. The number of amides is 1. The van der Waals surface area contributed by atoms with Crippen molar-refractivity contribution in [1.82, 2.24) is 14.9 Å². The van der Waals surface area contributed by atoms with Crippen molar-refractivity contribution in [1.29, 1.82) is 0 Å². The van der Waals surface area contributed by atoms with Crippen molar-refractivity contribution in [2.24, 2.45) is 0 Å². The summed E-state index contributed by atoms with van der Waals surface area (Å²) >= 11 is 0. The molecular formula is C19H33N3O7Si. The Kier molecular flexibility index (Phi) is 7.14. The van der Waals surface area contributed by atoms with Crippen LogP contribution in [0.3, 0.4) is 0 Å². The molecule has 2 heterocycles. The normalized spacial score (nSPS) is 27.3. The Labute approximate surface area is 176 Å². The van der Waals surface area contributed by atoms with Crippen LogP contribution in [0.15, 0.2) is 21.9 Å². The van der Waals surface area contributed by atoms with Gasteiger partial charge in [-0.05, 0) is 25.1 Å². The van der Waals surface area contributed by atoms with E-state index in [1.54, 1.807) is 6.92 Å². The number of aliphatic hydroxyl groups is 2. The first kappa shape index (κ1) is 24.5. The Morgan fingerprint density at radius 2 is 2.03 bits per heavy atom. The third-order valence-corrected chi connectivity index (χ3v) is 10.4. The smallest absolute Gasteiger partial charge is 0.330 e. The second-order valence-corrected chi connectivity index (χ2v) is 13.9. The molecule has 0 spiro atoms. The zero-order valence-corrected chi connectivity index (χ0v) is 19.4. The first-order valence-corrected chi connectivity index (χ1v) is 12.9. The molecular weight excluding hydrogens is 410 g/mol. The standard InChI is InChI=1S/C19H33N3O7Si/c1-7-20-14(25)10-19(27)12(11-23)28-16(22-9-8-13(24)21-17(22)26)15(19)29-30(5,6)18(2,3)4/h8-9,12,15-16,23,27H,7,10-11H2,1-6H3,(H,20,25)(H,21,24,26)/t12-,15+,16-,19-/m1/s1. The van der Waals surface area contributed by atoms with E-state index in [0.717, 1.165) is 10.6 Å². The zero-order chi connectivity index (χ0) is 22.9. The van der Waals surface area contributed by atoms with Crippen LogP contribution in [0.5, 0.6) is 0 Å². The number of carbonyl (C=O) groups excluding carboxylic acids is 1. The number of rotatable bonds is 7. The number of aliphatic hydroxyl groups excluding tert-OH is 1. The molecule has 4 atom stereocenters. The van der Waals surface area contributed by atoms with Gasteiger partial charge in [0.2, 0.25) is 5.91 Å². The molecule has 0 radical (unpaired) electrons. The Morgan fingerprint density at radius 3 is 2.53 bits per heavy atom. The lowest BCUT2D eigenvalue weighted by atomic mass is 9.88. The molecule has 1 fully saturated rings. The van der Waals surface area contributed by atoms with Crippen molar-refractivity contribution in [2.75, 3.05) is 13.2 Å². The fraction of sp³-hybridized carbons (Fsp3) is 0.737. The minimum absolute atomic E-state index is 0.239. The van der Waals surface area contributed by atoms with Gasteiger partial charge < -0.3 is 24.7 Å². The number of nitrogens with one attached hydrogen (secondary N) is 2. The molecule has 1 saturated heterocycles. The van der Waals surface area contributed by atoms with E-state index in [0.29, 0.717) is 6.54 Å². The second-order valence-electron chi connectivity index (χ2n) is 9.14. The average molecular weight is 444 g/mol. The van der Waals surface area contributed by atoms with Crippen molar-refractivity contribution in [3.05, 3.63) is 33.1 Å². The van der Waals surface area contributed by atoms with Gasteiger partial charge in [-0.3, -0.25) is 19.1 Å². The van der Waals surface area contributed by atoms with E-state index in [1.807, 2.05) is 33.9 Å². The Hall–Kier alpha value is -1.79. The van der Waals surface area contributed by atoms with Gasteiger partial charge in [-0.25, -0.2) is 4.79 Å². The van der Waals surface area contributed by atoms with Crippen molar-refractivity contribution >= 4 is 14.2 Å². The lowest BCUT2D eigenvalue weighted by molar-refractivity contribution is -0.136. The molecule has 10 nitrogen and oxygen atoms in total. The van der Waals surface area contributed by atoms with E-state index in [-0.39, 0.29) is 11.5 Å². The summed E-state index contributed by atoms with van der Waals surface area (Å²) in [6.45, 7) is 11.5. The summed E-state index contributed by atoms with van der Waals surface area (Å²) in [4.78, 5) is 38.4. The monoisotopic (exact) mass is 443 g/mol. The van der Waals surface area contributed by atoms with Gasteiger partial charge >= 0.3 is 5.69 Å². The number of carbonyl (C=O) groups is 1. The van der Waals surface area contributed by atoms with E-state index in [4.69, 9.17) is 9.16 Å². The highest BCUT2D eigenvalue weighted by atomic mass is 28.4. The molecule has 2 rings (SSSR count). The minimum atomic E-state index is -2.51. The number of hydrogen-bond donors (Lipinski definition) is 4. The highest BCUT2D eigenvalue weighted by Gasteiger charge is 2.60. The van der Waals surface area contributed by atoms with Gasteiger partial charge in [-0.2, -0.15) is 0 Å². The number of hydrogen-bond acceptors (Lipinski definition) is 7. The lowest BCUT2D eigenvalue weighted by Crippen LogP contribution is -2.57. The van der Waals surface area contributed by atoms with Gasteiger partial charge in [0.1, 0.15) is 17.8 Å². The molecule has 0 aromatic carbocycles. The number of aromatic nitrogens is 2. The van der Waals surface area contributed by atoms with Crippen LogP contribution in [0.2, 0.25) is 18.1 Å². The van der Waals surface area contributed by atoms with Crippen LogP contribution >= 0.6 is 0 Å². The predicted molar refractivity (Wildman–Crippen MR) is 113 cm³/mol. The van der Waals surface area contributed by atoms with Crippen LogP contribution in [0, 0.1) is 0 Å². The topological polar surface area (TPSA) is 143 Å². The molecule has 0 aliphatic carbocycles. The molecule has 1 aromatic heterocycles. The largest absolute Gasteiger partial charge is 0.406 e. The molecule has 0 unspecified atom stereocenters. The second kappa shape index (κ2) is 8.75. The van der Waals surface area contributed by atoms with Crippen molar-refractivity contribution in [3.8, 4) is 0 Å². The first-order valence-electron chi connectivity index (χ1n) is 10.0. The summed E-state index contributed by atoms with van der Waals surface area (Å²) in [5, 5.41) is 23.9. The van der Waals surface area contributed by atoms with Gasteiger partial charge in [0.05, 0.1) is 13.0 Å². The highest BCUT2D eigenvalue weighted by Crippen LogP contribution is 2.46. The van der Waals surface area contributed by atoms with E-state index in [2.05, 4.69) is 10.3 Å². The Bertz CT molecular complexity index is 876. The van der Waals surface area contributed by atoms with E-state index in [9.17, 15) is 24.6 Å². The maximum absolute atomic E-state index is 12.4. The quantitative estimate of drug-likeness (QED) is 0.437. The summed E-state index contributed by atoms with van der Waals surface area (Å²) in [7, 11) is -2.51. The SMILES string of the molecule is CCNC(=O)C[C@@]1(O)[C@@H](CO)O[C@@H](n2ccc(=O)[nH]c2=O)[C@@H]1O[Si](C)(C)C(C)(C)C. The third kappa shape index (κ3) is 4.75. The van der Waals surface area contributed by atoms with E-state index in [1.165, 1.54) is 6.20 Å². The Balaban J connectivity index is 2.59. The van der Waals surface area contributed by atoms with Crippen molar-refractivity contribution < 1.29 is 24.2 Å². The van der Waals surface area contributed by atoms with Gasteiger partial charge in [0.15, 0.2) is 14.5 Å². The molecule has 0 bridgehead atoms. The molecule has 1 amide bonds. The summed E-state index contributed by atoms with van der Waals surface area (Å²) in [5.74, 6) is -0.430. The van der Waals surface area contributed by atoms with Gasteiger partial charge in [-0.1, -0.05) is 20.8 Å². The predicted octanol–water partition coefficient (Wildman–Crippen LogP) is 0.0740. The molecule has 170 valence electrons. The summed E-state index contributed by atoms with van der Waals surface area (Å²) < 4.78 is 13.4.